The van der Waals surface area contributed by atoms with E-state index < -0.39 is 0 Å². The van der Waals surface area contributed by atoms with Gasteiger partial charge in [-0.05, 0) is 33.3 Å². The van der Waals surface area contributed by atoms with E-state index in [1.54, 1.807) is 0 Å². The minimum atomic E-state index is -0.0950. The molecule has 1 aromatic rings. The van der Waals surface area contributed by atoms with Crippen LogP contribution in [-0.4, -0.2) is 5.60 Å². The van der Waals surface area contributed by atoms with Crippen molar-refractivity contribution >= 4 is 0 Å². The summed E-state index contributed by atoms with van der Waals surface area (Å²) in [4.78, 5) is 0. The van der Waals surface area contributed by atoms with Crippen molar-refractivity contribution in [1.29, 1.82) is 0 Å². The van der Waals surface area contributed by atoms with Crippen LogP contribution in [0.3, 0.4) is 0 Å². The highest BCUT2D eigenvalue weighted by Crippen LogP contribution is 2.34. The van der Waals surface area contributed by atoms with Gasteiger partial charge < -0.3 is 4.74 Å². The molecule has 0 unspecified atom stereocenters. The van der Waals surface area contributed by atoms with Crippen molar-refractivity contribution in [2.24, 2.45) is 0 Å². The Morgan fingerprint density at radius 2 is 2.15 bits per heavy atom. The van der Waals surface area contributed by atoms with Crippen LogP contribution < -0.4 is 4.74 Å². The fraction of sp³-hybridized carbons (Fsp3) is 0.417. The average Bonchev–Trinajstić information content (AvgIpc) is 2.05. The second-order valence-corrected chi connectivity index (χ2v) is 4.21. The molecule has 0 aromatic heterocycles. The monoisotopic (exact) mass is 174 g/mol. The van der Waals surface area contributed by atoms with Crippen molar-refractivity contribution in [3.63, 3.8) is 0 Å². The molecule has 1 heterocycles. The van der Waals surface area contributed by atoms with Crippen molar-refractivity contribution in [3.8, 4) is 5.75 Å². The van der Waals surface area contributed by atoms with Gasteiger partial charge in [0, 0.05) is 12.0 Å². The van der Waals surface area contributed by atoms with E-state index in [1.165, 1.54) is 5.56 Å². The lowest BCUT2D eigenvalue weighted by Crippen LogP contribution is -2.31. The maximum Gasteiger partial charge on any atom is 0.123 e. The van der Waals surface area contributed by atoms with E-state index >= 15 is 0 Å². The Kier molecular flexibility index (Phi) is 1.83. The van der Waals surface area contributed by atoms with Crippen LogP contribution in [0.25, 0.3) is 0 Å². The van der Waals surface area contributed by atoms with Crippen molar-refractivity contribution in [1.82, 2.24) is 0 Å². The SMILES string of the molecule is Cc1ccc2c(c1)[C]CC(C)(C)O2. The summed E-state index contributed by atoms with van der Waals surface area (Å²) in [5.41, 5.74) is 2.27. The van der Waals surface area contributed by atoms with Crippen molar-refractivity contribution < 1.29 is 4.74 Å². The summed E-state index contributed by atoms with van der Waals surface area (Å²) in [6.07, 6.45) is 4.23. The predicted molar refractivity (Wildman–Crippen MR) is 52.8 cm³/mol. The lowest BCUT2D eigenvalue weighted by atomic mass is 9.93. The summed E-state index contributed by atoms with van der Waals surface area (Å²) in [6.45, 7) is 6.26. The van der Waals surface area contributed by atoms with Crippen LogP contribution in [0.4, 0.5) is 0 Å². The topological polar surface area (TPSA) is 9.23 Å². The van der Waals surface area contributed by atoms with Gasteiger partial charge in [0.1, 0.15) is 11.4 Å². The van der Waals surface area contributed by atoms with Gasteiger partial charge >= 0.3 is 0 Å². The summed E-state index contributed by atoms with van der Waals surface area (Å²) >= 11 is 0. The van der Waals surface area contributed by atoms with Gasteiger partial charge in [0.15, 0.2) is 0 Å². The largest absolute Gasteiger partial charge is 0.488 e. The molecule has 1 aromatic carbocycles. The van der Waals surface area contributed by atoms with Gasteiger partial charge in [-0.3, -0.25) is 0 Å². The molecule has 0 saturated heterocycles. The van der Waals surface area contributed by atoms with Gasteiger partial charge in [0.25, 0.3) is 0 Å². The van der Waals surface area contributed by atoms with Gasteiger partial charge in [-0.2, -0.15) is 0 Å². The zero-order chi connectivity index (χ0) is 9.47. The van der Waals surface area contributed by atoms with Crippen LogP contribution in [0.5, 0.6) is 5.75 Å². The Hall–Kier alpha value is -0.980. The highest BCUT2D eigenvalue weighted by atomic mass is 16.5. The molecule has 0 amide bonds. The molecule has 1 nitrogen and oxygen atoms in total. The van der Waals surface area contributed by atoms with E-state index in [4.69, 9.17) is 4.74 Å². The summed E-state index contributed by atoms with van der Waals surface area (Å²) in [5.74, 6) is 0.960. The van der Waals surface area contributed by atoms with E-state index in [9.17, 15) is 0 Å². The number of hydrogen-bond donors (Lipinski definition) is 0. The minimum absolute atomic E-state index is 0.0950. The van der Waals surface area contributed by atoms with E-state index in [-0.39, 0.29) is 5.60 Å². The van der Waals surface area contributed by atoms with Crippen LogP contribution in [-0.2, 0) is 0 Å². The molecule has 0 fully saturated rings. The fourth-order valence-corrected chi connectivity index (χ4v) is 1.51. The Balaban J connectivity index is 2.37. The second-order valence-electron chi connectivity index (χ2n) is 4.21. The third-order valence-electron chi connectivity index (χ3n) is 2.23. The predicted octanol–water partition coefficient (Wildman–Crippen LogP) is 2.99. The van der Waals surface area contributed by atoms with Gasteiger partial charge in [0.05, 0.1) is 0 Å². The number of hydrogen-bond acceptors (Lipinski definition) is 1. The Bertz CT molecular complexity index is 326. The molecule has 68 valence electrons. The smallest absolute Gasteiger partial charge is 0.123 e. The lowest BCUT2D eigenvalue weighted by Gasteiger charge is -2.32. The zero-order valence-corrected chi connectivity index (χ0v) is 8.35. The van der Waals surface area contributed by atoms with Crippen LogP contribution in [0.15, 0.2) is 18.2 Å². The van der Waals surface area contributed by atoms with E-state index in [1.807, 2.05) is 6.07 Å². The minimum Gasteiger partial charge on any atom is -0.488 e. The fourth-order valence-electron chi connectivity index (χ4n) is 1.51. The Morgan fingerprint density at radius 1 is 1.38 bits per heavy atom. The maximum absolute atomic E-state index is 5.81. The van der Waals surface area contributed by atoms with E-state index in [2.05, 4.69) is 39.3 Å². The summed E-state index contributed by atoms with van der Waals surface area (Å²) < 4.78 is 5.81. The highest BCUT2D eigenvalue weighted by Gasteiger charge is 2.26. The summed E-state index contributed by atoms with van der Waals surface area (Å²) in [6, 6.07) is 6.21. The quantitative estimate of drug-likeness (QED) is 0.587. The zero-order valence-electron chi connectivity index (χ0n) is 8.35. The van der Waals surface area contributed by atoms with Gasteiger partial charge in [-0.25, -0.2) is 0 Å². The van der Waals surface area contributed by atoms with Gasteiger partial charge in [-0.1, -0.05) is 17.7 Å². The molecule has 0 aliphatic carbocycles. The standard InChI is InChI=1S/C12H14O/c1-9-4-5-11-10(8-9)6-7-12(2,3)13-11/h4-5,8H,7H2,1-3H3. The lowest BCUT2D eigenvalue weighted by molar-refractivity contribution is 0.0987. The first-order chi connectivity index (χ1) is 6.07. The van der Waals surface area contributed by atoms with Gasteiger partial charge in [-0.15, -0.1) is 0 Å². The summed E-state index contributed by atoms with van der Waals surface area (Å²) in [5, 5.41) is 0. The molecule has 0 saturated carbocycles. The molecular formula is C12H14O. The molecule has 2 radical (unpaired) electrons. The Labute approximate surface area is 79.7 Å². The van der Waals surface area contributed by atoms with Crippen LogP contribution in [0, 0.1) is 13.3 Å². The highest BCUT2D eigenvalue weighted by molar-refractivity contribution is 5.43. The Morgan fingerprint density at radius 3 is 2.92 bits per heavy atom. The molecule has 0 N–H and O–H groups in total. The number of fused-ring (bicyclic) bond motifs is 1. The first kappa shape index (κ1) is 8.61. The molecule has 0 spiro atoms. The molecule has 0 bridgehead atoms. The number of rotatable bonds is 0. The summed E-state index contributed by atoms with van der Waals surface area (Å²) in [7, 11) is 0. The third-order valence-corrected chi connectivity index (χ3v) is 2.23. The van der Waals surface area contributed by atoms with E-state index in [0.717, 1.165) is 17.7 Å². The first-order valence-corrected chi connectivity index (χ1v) is 4.60. The van der Waals surface area contributed by atoms with Crippen LogP contribution in [0.2, 0.25) is 0 Å². The second kappa shape index (κ2) is 2.76. The number of ether oxygens (including phenoxy) is 1. The maximum atomic E-state index is 5.81. The van der Waals surface area contributed by atoms with Crippen molar-refractivity contribution in [2.45, 2.75) is 32.8 Å². The number of aryl methyl sites for hydroxylation is 1. The first-order valence-electron chi connectivity index (χ1n) is 4.60. The van der Waals surface area contributed by atoms with Crippen molar-refractivity contribution in [3.05, 3.63) is 35.7 Å². The molecule has 13 heavy (non-hydrogen) atoms. The molecule has 0 atom stereocenters. The molecule has 1 heteroatoms. The van der Waals surface area contributed by atoms with Crippen LogP contribution in [0.1, 0.15) is 31.4 Å². The normalized spacial score (nSPS) is 19.0. The van der Waals surface area contributed by atoms with E-state index in [0.29, 0.717) is 0 Å². The van der Waals surface area contributed by atoms with Gasteiger partial charge in [0.2, 0.25) is 0 Å². The molecular weight excluding hydrogens is 160 g/mol. The third kappa shape index (κ3) is 1.69. The molecule has 2 rings (SSSR count). The average molecular weight is 174 g/mol. The molecule has 1 aliphatic rings. The molecule has 1 aliphatic heterocycles. The van der Waals surface area contributed by atoms with Crippen molar-refractivity contribution in [2.75, 3.05) is 0 Å². The van der Waals surface area contributed by atoms with Crippen LogP contribution >= 0.6 is 0 Å². The number of benzene rings is 1.